The van der Waals surface area contributed by atoms with Crippen molar-refractivity contribution in [3.8, 4) is 0 Å². The van der Waals surface area contributed by atoms with E-state index in [0.29, 0.717) is 12.0 Å². The van der Waals surface area contributed by atoms with E-state index >= 15 is 0 Å². The molecular formula is C11H15N. The van der Waals surface area contributed by atoms with Gasteiger partial charge in [-0.3, -0.25) is 0 Å². The van der Waals surface area contributed by atoms with Gasteiger partial charge in [0.05, 0.1) is 0 Å². The van der Waals surface area contributed by atoms with E-state index in [1.54, 1.807) is 12.2 Å². The zero-order chi connectivity index (χ0) is 8.97. The van der Waals surface area contributed by atoms with Gasteiger partial charge in [0, 0.05) is 12.0 Å². The molecule has 0 heterocycles. The first-order valence-corrected chi connectivity index (χ1v) is 4.17. The summed E-state index contributed by atoms with van der Waals surface area (Å²) in [7, 11) is 0. The first-order chi connectivity index (χ1) is 5.79. The fourth-order valence-electron chi connectivity index (χ4n) is 1.22. The van der Waals surface area contributed by atoms with Crippen LogP contribution in [0.25, 0.3) is 0 Å². The Balaban J connectivity index is 2.62. The normalized spacial score (nSPS) is 28.9. The van der Waals surface area contributed by atoms with Gasteiger partial charge >= 0.3 is 0 Å². The summed E-state index contributed by atoms with van der Waals surface area (Å²) in [4.78, 5) is 0. The Kier molecular flexibility index (Phi) is 3.06. The SMILES string of the molecule is C=C/C=C\C(=C/C=C)C1CC1N. The Hall–Kier alpha value is -1.08. The molecule has 1 aliphatic rings. The van der Waals surface area contributed by atoms with Crippen molar-refractivity contribution in [2.45, 2.75) is 12.5 Å². The van der Waals surface area contributed by atoms with Crippen LogP contribution in [0.5, 0.6) is 0 Å². The summed E-state index contributed by atoms with van der Waals surface area (Å²) < 4.78 is 0. The van der Waals surface area contributed by atoms with Crippen LogP contribution in [0.3, 0.4) is 0 Å². The summed E-state index contributed by atoms with van der Waals surface area (Å²) in [6, 6.07) is 0.352. The lowest BCUT2D eigenvalue weighted by atomic mass is 10.1. The average Bonchev–Trinajstić information content (AvgIpc) is 2.76. The maximum atomic E-state index is 5.73. The molecule has 1 nitrogen and oxygen atoms in total. The van der Waals surface area contributed by atoms with Gasteiger partial charge in [-0.15, -0.1) is 0 Å². The molecule has 1 rings (SSSR count). The Morgan fingerprint density at radius 3 is 2.42 bits per heavy atom. The van der Waals surface area contributed by atoms with Crippen molar-refractivity contribution in [3.05, 3.63) is 49.1 Å². The third kappa shape index (κ3) is 2.21. The van der Waals surface area contributed by atoms with Crippen molar-refractivity contribution < 1.29 is 0 Å². The second-order valence-corrected chi connectivity index (χ2v) is 3.00. The lowest BCUT2D eigenvalue weighted by Crippen LogP contribution is -2.02. The molecule has 2 unspecified atom stereocenters. The van der Waals surface area contributed by atoms with Crippen LogP contribution in [0.2, 0.25) is 0 Å². The largest absolute Gasteiger partial charge is 0.327 e. The molecule has 0 aromatic carbocycles. The molecular weight excluding hydrogens is 146 g/mol. The average molecular weight is 161 g/mol. The fourth-order valence-corrected chi connectivity index (χ4v) is 1.22. The molecule has 64 valence electrons. The first kappa shape index (κ1) is 9.01. The van der Waals surface area contributed by atoms with Crippen molar-refractivity contribution in [2.75, 3.05) is 0 Å². The highest BCUT2D eigenvalue weighted by atomic mass is 14.7. The lowest BCUT2D eigenvalue weighted by molar-refractivity contribution is 0.942. The number of nitrogens with two attached hydrogens (primary N) is 1. The summed E-state index contributed by atoms with van der Waals surface area (Å²) >= 11 is 0. The molecule has 0 radical (unpaired) electrons. The van der Waals surface area contributed by atoms with Gasteiger partial charge in [0.2, 0.25) is 0 Å². The van der Waals surface area contributed by atoms with E-state index in [4.69, 9.17) is 5.73 Å². The van der Waals surface area contributed by atoms with E-state index < -0.39 is 0 Å². The first-order valence-electron chi connectivity index (χ1n) is 4.17. The van der Waals surface area contributed by atoms with Crippen molar-refractivity contribution in [1.82, 2.24) is 0 Å². The summed E-state index contributed by atoms with van der Waals surface area (Å²) in [6.45, 7) is 7.29. The number of hydrogen-bond donors (Lipinski definition) is 1. The Bertz CT molecular complexity index is 235. The zero-order valence-corrected chi connectivity index (χ0v) is 7.24. The van der Waals surface area contributed by atoms with Crippen LogP contribution < -0.4 is 5.73 Å². The predicted molar refractivity (Wildman–Crippen MR) is 53.7 cm³/mol. The molecule has 12 heavy (non-hydrogen) atoms. The maximum Gasteiger partial charge on any atom is 0.0115 e. The molecule has 0 aromatic rings. The highest BCUT2D eigenvalue weighted by molar-refractivity contribution is 5.32. The lowest BCUT2D eigenvalue weighted by Gasteiger charge is -1.96. The van der Waals surface area contributed by atoms with Crippen LogP contribution in [0.1, 0.15) is 6.42 Å². The quantitative estimate of drug-likeness (QED) is 0.628. The summed E-state index contributed by atoms with van der Waals surface area (Å²) in [5, 5.41) is 0. The standard InChI is InChI=1S/C11H15N/c1-3-5-7-9(6-4-2)10-8-11(10)12/h3-7,10-11H,1-2,8,12H2/b7-5-,9-6+. The number of hydrogen-bond acceptors (Lipinski definition) is 1. The molecule has 1 aliphatic carbocycles. The Morgan fingerprint density at radius 1 is 1.33 bits per heavy atom. The molecule has 2 N–H and O–H groups in total. The third-order valence-corrected chi connectivity index (χ3v) is 2.00. The highest BCUT2D eigenvalue weighted by Crippen LogP contribution is 2.35. The molecule has 0 amide bonds. The third-order valence-electron chi connectivity index (χ3n) is 2.00. The minimum Gasteiger partial charge on any atom is -0.327 e. The van der Waals surface area contributed by atoms with Gasteiger partial charge in [-0.1, -0.05) is 43.5 Å². The van der Waals surface area contributed by atoms with Gasteiger partial charge < -0.3 is 5.73 Å². The van der Waals surface area contributed by atoms with Crippen LogP contribution in [0.4, 0.5) is 0 Å². The molecule has 2 atom stereocenters. The summed E-state index contributed by atoms with van der Waals surface area (Å²) in [6.07, 6.45) is 10.7. The van der Waals surface area contributed by atoms with E-state index in [0.717, 1.165) is 6.42 Å². The second-order valence-electron chi connectivity index (χ2n) is 3.00. The topological polar surface area (TPSA) is 26.0 Å². The summed E-state index contributed by atoms with van der Waals surface area (Å²) in [5.74, 6) is 0.541. The highest BCUT2D eigenvalue weighted by Gasteiger charge is 2.34. The van der Waals surface area contributed by atoms with Crippen LogP contribution in [0.15, 0.2) is 49.1 Å². The molecule has 0 aromatic heterocycles. The van der Waals surface area contributed by atoms with E-state index in [9.17, 15) is 0 Å². The predicted octanol–water partition coefficient (Wildman–Crippen LogP) is 2.19. The van der Waals surface area contributed by atoms with Gasteiger partial charge in [-0.05, 0) is 12.0 Å². The zero-order valence-electron chi connectivity index (χ0n) is 7.24. The van der Waals surface area contributed by atoms with Gasteiger partial charge in [0.25, 0.3) is 0 Å². The van der Waals surface area contributed by atoms with Crippen molar-refractivity contribution in [1.29, 1.82) is 0 Å². The maximum absolute atomic E-state index is 5.73. The molecule has 0 saturated heterocycles. The number of rotatable bonds is 4. The Morgan fingerprint density at radius 2 is 2.00 bits per heavy atom. The van der Waals surface area contributed by atoms with Crippen molar-refractivity contribution in [3.63, 3.8) is 0 Å². The molecule has 1 fully saturated rings. The molecule has 1 saturated carbocycles. The monoisotopic (exact) mass is 161 g/mol. The van der Waals surface area contributed by atoms with Gasteiger partial charge in [0.15, 0.2) is 0 Å². The van der Waals surface area contributed by atoms with Crippen molar-refractivity contribution >= 4 is 0 Å². The van der Waals surface area contributed by atoms with E-state index in [1.807, 2.05) is 18.2 Å². The van der Waals surface area contributed by atoms with E-state index in [1.165, 1.54) is 5.57 Å². The van der Waals surface area contributed by atoms with Crippen LogP contribution in [-0.2, 0) is 0 Å². The van der Waals surface area contributed by atoms with Gasteiger partial charge in [0.1, 0.15) is 0 Å². The Labute approximate surface area is 74.0 Å². The smallest absolute Gasteiger partial charge is 0.0115 e. The molecule has 0 spiro atoms. The second kappa shape index (κ2) is 4.07. The molecule has 0 bridgehead atoms. The van der Waals surface area contributed by atoms with E-state index in [-0.39, 0.29) is 0 Å². The minimum atomic E-state index is 0.352. The van der Waals surface area contributed by atoms with Crippen molar-refractivity contribution in [2.24, 2.45) is 11.7 Å². The number of allylic oxidation sites excluding steroid dienone is 5. The van der Waals surface area contributed by atoms with Gasteiger partial charge in [-0.2, -0.15) is 0 Å². The summed E-state index contributed by atoms with van der Waals surface area (Å²) in [5.41, 5.74) is 7.00. The molecule has 0 aliphatic heterocycles. The van der Waals surface area contributed by atoms with E-state index in [2.05, 4.69) is 13.2 Å². The van der Waals surface area contributed by atoms with Gasteiger partial charge in [-0.25, -0.2) is 0 Å². The molecule has 1 heteroatoms. The van der Waals surface area contributed by atoms with Crippen LogP contribution in [-0.4, -0.2) is 6.04 Å². The minimum absolute atomic E-state index is 0.352. The fraction of sp³-hybridized carbons (Fsp3) is 0.273. The van der Waals surface area contributed by atoms with Crippen LogP contribution in [0, 0.1) is 5.92 Å². The van der Waals surface area contributed by atoms with Crippen LogP contribution >= 0.6 is 0 Å².